The second-order valence-electron chi connectivity index (χ2n) is 4.64. The Morgan fingerprint density at radius 1 is 1.42 bits per heavy atom. The van der Waals surface area contributed by atoms with Crippen LogP contribution in [0.4, 0.5) is 0 Å². The van der Waals surface area contributed by atoms with Crippen LogP contribution in [0.1, 0.15) is 33.1 Å². The van der Waals surface area contributed by atoms with Crippen LogP contribution < -0.4 is 5.32 Å². The molecule has 2 aliphatic rings. The van der Waals surface area contributed by atoms with E-state index in [0.717, 1.165) is 13.2 Å². The molecule has 1 spiro atoms. The standard InChI is InChI=1S/C10H19NO/c1-8(2)9-6-12-7-10(11-9)4-3-5-10/h8-9,11H,3-7H2,1-2H3. The van der Waals surface area contributed by atoms with E-state index in [-0.39, 0.29) is 0 Å². The van der Waals surface area contributed by atoms with Crippen molar-refractivity contribution in [3.63, 3.8) is 0 Å². The van der Waals surface area contributed by atoms with Gasteiger partial charge in [0, 0.05) is 11.6 Å². The molecule has 1 saturated carbocycles. The van der Waals surface area contributed by atoms with Gasteiger partial charge in [0.05, 0.1) is 13.2 Å². The van der Waals surface area contributed by atoms with E-state index in [1.807, 2.05) is 0 Å². The number of morpholine rings is 1. The summed E-state index contributed by atoms with van der Waals surface area (Å²) in [6.07, 6.45) is 4.01. The van der Waals surface area contributed by atoms with E-state index in [0.29, 0.717) is 17.5 Å². The Hall–Kier alpha value is -0.0800. The Kier molecular flexibility index (Phi) is 2.13. The van der Waals surface area contributed by atoms with Gasteiger partial charge in [0.25, 0.3) is 0 Å². The van der Waals surface area contributed by atoms with Crippen molar-refractivity contribution < 1.29 is 4.74 Å². The zero-order valence-electron chi connectivity index (χ0n) is 8.10. The van der Waals surface area contributed by atoms with Crippen LogP contribution in [0.25, 0.3) is 0 Å². The van der Waals surface area contributed by atoms with Crippen molar-refractivity contribution in [2.24, 2.45) is 5.92 Å². The van der Waals surface area contributed by atoms with Crippen molar-refractivity contribution >= 4 is 0 Å². The van der Waals surface area contributed by atoms with Crippen LogP contribution in [-0.2, 0) is 4.74 Å². The van der Waals surface area contributed by atoms with Gasteiger partial charge in [-0.1, -0.05) is 13.8 Å². The van der Waals surface area contributed by atoms with Crippen molar-refractivity contribution in [1.29, 1.82) is 0 Å². The topological polar surface area (TPSA) is 21.3 Å². The molecular weight excluding hydrogens is 150 g/mol. The van der Waals surface area contributed by atoms with Gasteiger partial charge in [-0.2, -0.15) is 0 Å². The quantitative estimate of drug-likeness (QED) is 0.643. The fourth-order valence-corrected chi connectivity index (χ4v) is 2.11. The molecular formula is C10H19NO. The van der Waals surface area contributed by atoms with Crippen LogP contribution in [0.2, 0.25) is 0 Å². The van der Waals surface area contributed by atoms with E-state index in [4.69, 9.17) is 4.74 Å². The predicted molar refractivity (Wildman–Crippen MR) is 49.2 cm³/mol. The van der Waals surface area contributed by atoms with Crippen molar-refractivity contribution in [2.75, 3.05) is 13.2 Å². The molecule has 2 heteroatoms. The van der Waals surface area contributed by atoms with Crippen molar-refractivity contribution in [1.82, 2.24) is 5.32 Å². The number of rotatable bonds is 1. The highest BCUT2D eigenvalue weighted by atomic mass is 16.5. The maximum Gasteiger partial charge on any atom is 0.0649 e. The van der Waals surface area contributed by atoms with Gasteiger partial charge in [0.2, 0.25) is 0 Å². The molecule has 1 aliphatic heterocycles. The van der Waals surface area contributed by atoms with Crippen LogP contribution in [0.3, 0.4) is 0 Å². The zero-order valence-corrected chi connectivity index (χ0v) is 8.10. The average Bonchev–Trinajstić information content (AvgIpc) is 2.02. The maximum atomic E-state index is 5.64. The second-order valence-corrected chi connectivity index (χ2v) is 4.64. The van der Waals surface area contributed by atoms with Gasteiger partial charge in [-0.25, -0.2) is 0 Å². The van der Waals surface area contributed by atoms with E-state index in [2.05, 4.69) is 19.2 Å². The van der Waals surface area contributed by atoms with Crippen LogP contribution >= 0.6 is 0 Å². The highest BCUT2D eigenvalue weighted by Gasteiger charge is 2.41. The minimum absolute atomic E-state index is 0.382. The van der Waals surface area contributed by atoms with E-state index in [1.165, 1.54) is 19.3 Å². The summed E-state index contributed by atoms with van der Waals surface area (Å²) in [4.78, 5) is 0. The van der Waals surface area contributed by atoms with E-state index in [9.17, 15) is 0 Å². The van der Waals surface area contributed by atoms with Crippen molar-refractivity contribution in [3.8, 4) is 0 Å². The lowest BCUT2D eigenvalue weighted by molar-refractivity contribution is -0.0457. The van der Waals surface area contributed by atoms with Gasteiger partial charge in [-0.15, -0.1) is 0 Å². The van der Waals surface area contributed by atoms with E-state index in [1.54, 1.807) is 0 Å². The lowest BCUT2D eigenvalue weighted by Gasteiger charge is -2.49. The first-order valence-electron chi connectivity index (χ1n) is 5.07. The first-order valence-corrected chi connectivity index (χ1v) is 5.07. The van der Waals surface area contributed by atoms with Gasteiger partial charge in [-0.05, 0) is 25.2 Å². The smallest absolute Gasteiger partial charge is 0.0649 e. The number of nitrogens with one attached hydrogen (secondary N) is 1. The molecule has 0 amide bonds. The van der Waals surface area contributed by atoms with Crippen LogP contribution in [0.15, 0.2) is 0 Å². The summed E-state index contributed by atoms with van der Waals surface area (Å²) in [5.74, 6) is 0.697. The van der Waals surface area contributed by atoms with E-state index >= 15 is 0 Å². The predicted octanol–water partition coefficient (Wildman–Crippen LogP) is 1.55. The Morgan fingerprint density at radius 2 is 2.17 bits per heavy atom. The summed E-state index contributed by atoms with van der Waals surface area (Å²) >= 11 is 0. The molecule has 1 heterocycles. The normalized spacial score (nSPS) is 33.8. The Morgan fingerprint density at radius 3 is 2.67 bits per heavy atom. The number of ether oxygens (including phenoxy) is 1. The lowest BCUT2D eigenvalue weighted by atomic mass is 9.75. The van der Waals surface area contributed by atoms with Gasteiger partial charge in [-0.3, -0.25) is 0 Å². The third-order valence-corrected chi connectivity index (χ3v) is 3.28. The minimum atomic E-state index is 0.382. The lowest BCUT2D eigenvalue weighted by Crippen LogP contribution is -2.63. The molecule has 1 N–H and O–H groups in total. The molecule has 1 atom stereocenters. The third kappa shape index (κ3) is 1.38. The van der Waals surface area contributed by atoms with Gasteiger partial charge < -0.3 is 10.1 Å². The molecule has 0 radical (unpaired) electrons. The maximum absolute atomic E-state index is 5.64. The molecule has 12 heavy (non-hydrogen) atoms. The molecule has 2 nitrogen and oxygen atoms in total. The van der Waals surface area contributed by atoms with Crippen LogP contribution in [-0.4, -0.2) is 24.8 Å². The molecule has 0 aromatic carbocycles. The van der Waals surface area contributed by atoms with Crippen molar-refractivity contribution in [2.45, 2.75) is 44.7 Å². The highest BCUT2D eigenvalue weighted by molar-refractivity contribution is 5.00. The number of hydrogen-bond donors (Lipinski definition) is 1. The zero-order chi connectivity index (χ0) is 8.60. The fraction of sp³-hybridized carbons (Fsp3) is 1.00. The molecule has 1 unspecified atom stereocenters. The Labute approximate surface area is 74.7 Å². The second kappa shape index (κ2) is 3.00. The van der Waals surface area contributed by atoms with Crippen LogP contribution in [0.5, 0.6) is 0 Å². The summed E-state index contributed by atoms with van der Waals surface area (Å²) in [5, 5.41) is 3.74. The fourth-order valence-electron chi connectivity index (χ4n) is 2.11. The first kappa shape index (κ1) is 8.52. The summed E-state index contributed by atoms with van der Waals surface area (Å²) in [6, 6.07) is 0.582. The van der Waals surface area contributed by atoms with Gasteiger partial charge in [0.1, 0.15) is 0 Å². The third-order valence-electron chi connectivity index (χ3n) is 3.28. The Balaban J connectivity index is 1.94. The molecule has 1 saturated heterocycles. The SMILES string of the molecule is CC(C)C1COCC2(CCC2)N1. The first-order chi connectivity index (χ1) is 5.72. The largest absolute Gasteiger partial charge is 0.378 e. The van der Waals surface area contributed by atoms with Crippen LogP contribution in [0, 0.1) is 5.92 Å². The summed E-state index contributed by atoms with van der Waals surface area (Å²) in [7, 11) is 0. The summed E-state index contributed by atoms with van der Waals surface area (Å²) in [5.41, 5.74) is 0.382. The summed E-state index contributed by atoms with van der Waals surface area (Å²) < 4.78 is 5.64. The average molecular weight is 169 g/mol. The monoisotopic (exact) mass is 169 g/mol. The Bertz CT molecular complexity index is 163. The minimum Gasteiger partial charge on any atom is -0.378 e. The highest BCUT2D eigenvalue weighted by Crippen LogP contribution is 2.35. The molecule has 0 bridgehead atoms. The molecule has 2 fully saturated rings. The molecule has 70 valence electrons. The molecule has 0 aromatic rings. The van der Waals surface area contributed by atoms with Crippen molar-refractivity contribution in [3.05, 3.63) is 0 Å². The molecule has 0 aromatic heterocycles. The van der Waals surface area contributed by atoms with Gasteiger partial charge >= 0.3 is 0 Å². The summed E-state index contributed by atoms with van der Waals surface area (Å²) in [6.45, 7) is 6.37. The van der Waals surface area contributed by atoms with Gasteiger partial charge in [0.15, 0.2) is 0 Å². The number of hydrogen-bond acceptors (Lipinski definition) is 2. The molecule has 2 rings (SSSR count). The van der Waals surface area contributed by atoms with E-state index < -0.39 is 0 Å². The molecule has 1 aliphatic carbocycles.